The number of aryl methyl sites for hydroxylation is 1. The van der Waals surface area contributed by atoms with Crippen LogP contribution < -0.4 is 0 Å². The molecule has 19 heavy (non-hydrogen) atoms. The molecule has 0 aliphatic heterocycles. The van der Waals surface area contributed by atoms with Crippen molar-refractivity contribution in [3.05, 3.63) is 49.3 Å². The molecule has 1 N–H and O–H groups in total. The SMILES string of the molecule is Cc1nn(-c2ccc([N+](=O)[O-])cc2I)cc1C(=O)O. The summed E-state index contributed by atoms with van der Waals surface area (Å²) in [6.45, 7) is 1.60. The molecule has 0 fully saturated rings. The van der Waals surface area contributed by atoms with Gasteiger partial charge in [-0.25, -0.2) is 9.48 Å². The number of halogens is 1. The Kier molecular flexibility index (Phi) is 3.51. The highest BCUT2D eigenvalue weighted by Gasteiger charge is 2.15. The Labute approximate surface area is 121 Å². The zero-order valence-electron chi connectivity index (χ0n) is 9.70. The molecule has 7 nitrogen and oxygen atoms in total. The summed E-state index contributed by atoms with van der Waals surface area (Å²) in [5.74, 6) is -1.05. The third-order valence-corrected chi connectivity index (χ3v) is 3.38. The second-order valence-electron chi connectivity index (χ2n) is 3.77. The number of hydrogen-bond donors (Lipinski definition) is 1. The molecule has 0 saturated heterocycles. The van der Waals surface area contributed by atoms with E-state index in [4.69, 9.17) is 5.11 Å². The lowest BCUT2D eigenvalue weighted by atomic mass is 10.2. The quantitative estimate of drug-likeness (QED) is 0.506. The summed E-state index contributed by atoms with van der Waals surface area (Å²) in [4.78, 5) is 21.1. The molecule has 8 heteroatoms. The number of nitrogens with zero attached hydrogens (tertiary/aromatic N) is 3. The van der Waals surface area contributed by atoms with E-state index in [9.17, 15) is 14.9 Å². The van der Waals surface area contributed by atoms with Crippen molar-refractivity contribution in [1.82, 2.24) is 9.78 Å². The Balaban J connectivity index is 2.50. The molecule has 98 valence electrons. The molecule has 0 amide bonds. The van der Waals surface area contributed by atoms with Crippen LogP contribution in [0.5, 0.6) is 0 Å². The highest BCUT2D eigenvalue weighted by Crippen LogP contribution is 2.23. The molecule has 1 aromatic heterocycles. The lowest BCUT2D eigenvalue weighted by Gasteiger charge is -2.03. The Bertz CT molecular complexity index is 681. The number of aromatic carboxylic acids is 1. The van der Waals surface area contributed by atoms with Crippen molar-refractivity contribution in [2.75, 3.05) is 0 Å². The van der Waals surface area contributed by atoms with Gasteiger partial charge in [0.05, 0.1) is 16.3 Å². The molecule has 2 aromatic rings. The Hall–Kier alpha value is -1.97. The average Bonchev–Trinajstić information content (AvgIpc) is 2.71. The fourth-order valence-corrected chi connectivity index (χ4v) is 2.33. The monoisotopic (exact) mass is 373 g/mol. The van der Waals surface area contributed by atoms with Gasteiger partial charge in [-0.05, 0) is 35.6 Å². The smallest absolute Gasteiger partial charge is 0.339 e. The van der Waals surface area contributed by atoms with Crippen LogP contribution in [0.1, 0.15) is 16.1 Å². The number of benzene rings is 1. The van der Waals surface area contributed by atoms with Crippen LogP contribution >= 0.6 is 22.6 Å². The molecule has 1 aromatic carbocycles. The molecular formula is C11H8IN3O4. The zero-order chi connectivity index (χ0) is 14.2. The molecule has 0 radical (unpaired) electrons. The number of carbonyl (C=O) groups is 1. The molecule has 0 bridgehead atoms. The molecule has 0 aliphatic rings. The number of nitro groups is 1. The Morgan fingerprint density at radius 3 is 2.68 bits per heavy atom. The molecule has 0 aliphatic carbocycles. The van der Waals surface area contributed by atoms with E-state index in [0.29, 0.717) is 15.0 Å². The first-order chi connectivity index (χ1) is 8.90. The maximum atomic E-state index is 11.0. The van der Waals surface area contributed by atoms with E-state index >= 15 is 0 Å². The molecule has 2 rings (SSSR count). The van der Waals surface area contributed by atoms with Gasteiger partial charge >= 0.3 is 5.97 Å². The van der Waals surface area contributed by atoms with E-state index in [2.05, 4.69) is 5.10 Å². The first kappa shape index (κ1) is 13.5. The minimum atomic E-state index is -1.05. The third-order valence-electron chi connectivity index (χ3n) is 2.52. The second kappa shape index (κ2) is 4.96. The van der Waals surface area contributed by atoms with E-state index in [1.54, 1.807) is 6.92 Å². The van der Waals surface area contributed by atoms with Gasteiger partial charge in [0.25, 0.3) is 5.69 Å². The molecule has 0 atom stereocenters. The van der Waals surface area contributed by atoms with Crippen molar-refractivity contribution in [1.29, 1.82) is 0 Å². The van der Waals surface area contributed by atoms with E-state index in [1.807, 2.05) is 22.6 Å². The van der Waals surface area contributed by atoms with Crippen molar-refractivity contribution < 1.29 is 14.8 Å². The molecule has 0 unspecified atom stereocenters. The maximum Gasteiger partial charge on any atom is 0.339 e. The number of carboxylic acids is 1. The van der Waals surface area contributed by atoms with Crippen LogP contribution in [0.15, 0.2) is 24.4 Å². The molecule has 1 heterocycles. The van der Waals surface area contributed by atoms with E-state index < -0.39 is 10.9 Å². The highest BCUT2D eigenvalue weighted by molar-refractivity contribution is 14.1. The van der Waals surface area contributed by atoms with Crippen LogP contribution in [0.2, 0.25) is 0 Å². The predicted octanol–water partition coefficient (Wildman–Crippen LogP) is 2.39. The van der Waals surface area contributed by atoms with E-state index in [-0.39, 0.29) is 11.3 Å². The second-order valence-corrected chi connectivity index (χ2v) is 4.93. The summed E-state index contributed by atoms with van der Waals surface area (Å²) >= 11 is 1.95. The standard InChI is InChI=1S/C11H8IN3O4/c1-6-8(11(16)17)5-14(13-6)10-3-2-7(15(18)19)4-9(10)12/h2-5H,1H3,(H,16,17). The number of nitro benzene ring substituents is 1. The first-order valence-corrected chi connectivity index (χ1v) is 6.22. The molecule has 0 saturated carbocycles. The van der Waals surface area contributed by atoms with Gasteiger partial charge in [0, 0.05) is 21.9 Å². The third kappa shape index (κ3) is 2.57. The van der Waals surface area contributed by atoms with Gasteiger partial charge in [-0.3, -0.25) is 10.1 Å². The van der Waals surface area contributed by atoms with Gasteiger partial charge in [-0.15, -0.1) is 0 Å². The lowest BCUT2D eigenvalue weighted by Crippen LogP contribution is -1.99. The van der Waals surface area contributed by atoms with E-state index in [0.717, 1.165) is 0 Å². The Morgan fingerprint density at radius 1 is 1.53 bits per heavy atom. The fourth-order valence-electron chi connectivity index (χ4n) is 1.59. The zero-order valence-corrected chi connectivity index (χ0v) is 11.9. The first-order valence-electron chi connectivity index (χ1n) is 5.14. The maximum absolute atomic E-state index is 11.0. The number of aromatic nitrogens is 2. The van der Waals surface area contributed by atoms with Crippen molar-refractivity contribution >= 4 is 34.2 Å². The largest absolute Gasteiger partial charge is 0.478 e. The summed E-state index contributed by atoms with van der Waals surface area (Å²) in [5, 5.41) is 23.7. The van der Waals surface area contributed by atoms with Crippen molar-refractivity contribution in [3.63, 3.8) is 0 Å². The topological polar surface area (TPSA) is 98.3 Å². The highest BCUT2D eigenvalue weighted by atomic mass is 127. The van der Waals surface area contributed by atoms with Gasteiger partial charge in [0.2, 0.25) is 0 Å². The Morgan fingerprint density at radius 2 is 2.21 bits per heavy atom. The predicted molar refractivity (Wildman–Crippen MR) is 74.6 cm³/mol. The van der Waals surface area contributed by atoms with Gasteiger partial charge in [-0.1, -0.05) is 0 Å². The van der Waals surface area contributed by atoms with Gasteiger partial charge < -0.3 is 5.11 Å². The van der Waals surface area contributed by atoms with Crippen LogP contribution in [-0.4, -0.2) is 25.8 Å². The van der Waals surface area contributed by atoms with Gasteiger partial charge in [0.15, 0.2) is 0 Å². The molecule has 0 spiro atoms. The minimum Gasteiger partial charge on any atom is -0.478 e. The number of carboxylic acid groups (broad SMARTS) is 1. The van der Waals surface area contributed by atoms with Crippen LogP contribution in [0, 0.1) is 20.6 Å². The normalized spacial score (nSPS) is 10.4. The number of non-ortho nitro benzene ring substituents is 1. The van der Waals surface area contributed by atoms with E-state index in [1.165, 1.54) is 29.1 Å². The fraction of sp³-hybridized carbons (Fsp3) is 0.0909. The average molecular weight is 373 g/mol. The number of hydrogen-bond acceptors (Lipinski definition) is 4. The van der Waals surface area contributed by atoms with Crippen LogP contribution in [0.25, 0.3) is 5.69 Å². The van der Waals surface area contributed by atoms with Gasteiger partial charge in [-0.2, -0.15) is 5.10 Å². The van der Waals surface area contributed by atoms with Crippen LogP contribution in [0.3, 0.4) is 0 Å². The summed E-state index contributed by atoms with van der Waals surface area (Å²) in [6, 6.07) is 4.31. The lowest BCUT2D eigenvalue weighted by molar-refractivity contribution is -0.384. The van der Waals surface area contributed by atoms with Crippen LogP contribution in [0.4, 0.5) is 5.69 Å². The summed E-state index contributed by atoms with van der Waals surface area (Å²) in [5.41, 5.74) is 1.08. The summed E-state index contributed by atoms with van der Waals surface area (Å²) < 4.78 is 2.02. The van der Waals surface area contributed by atoms with Crippen molar-refractivity contribution in [2.45, 2.75) is 6.92 Å². The number of rotatable bonds is 3. The summed E-state index contributed by atoms with van der Waals surface area (Å²) in [7, 11) is 0. The van der Waals surface area contributed by atoms with Crippen molar-refractivity contribution in [2.24, 2.45) is 0 Å². The van der Waals surface area contributed by atoms with Gasteiger partial charge in [0.1, 0.15) is 5.56 Å². The van der Waals surface area contributed by atoms with Crippen LogP contribution in [-0.2, 0) is 0 Å². The summed E-state index contributed by atoms with van der Waals surface area (Å²) in [6.07, 6.45) is 1.39. The van der Waals surface area contributed by atoms with Crippen molar-refractivity contribution in [3.8, 4) is 5.69 Å². The minimum absolute atomic E-state index is 0.0181. The molecular weight excluding hydrogens is 365 g/mol.